The Kier molecular flexibility index (Phi) is 14.6. The minimum absolute atomic E-state index is 0.0658. The zero-order chi connectivity index (χ0) is 40.2. The molecule has 0 bridgehead atoms. The molecule has 8 N–H and O–H groups in total. The molecule has 55 heavy (non-hydrogen) atoms. The van der Waals surface area contributed by atoms with Gasteiger partial charge in [-0.1, -0.05) is 88.4 Å². The zero-order valence-electron chi connectivity index (χ0n) is 31.8. The maximum atomic E-state index is 13.6. The highest BCUT2D eigenvalue weighted by Crippen LogP contribution is 2.44. The number of likely N-dealkylation sites (N-methyl/N-ethyl adjacent to an activating group) is 1. The molecule has 3 aromatic rings. The number of alkyl carbamates (subject to hydrolysis) is 1. The monoisotopic (exact) mass is 757 g/mol. The summed E-state index contributed by atoms with van der Waals surface area (Å²) in [5.41, 5.74) is 15.9. The summed E-state index contributed by atoms with van der Waals surface area (Å²) in [5, 5.41) is 10.7. The first-order chi connectivity index (χ1) is 26.2. The normalized spacial score (nSPS) is 13.4. The number of benzene rings is 3. The standard InChI is InChI=1S/C40H51N7O8/c1-23(2)33(46-39(52)54-22-31-29-13-8-6-11-27(29)28-12-7-9-14-30(28)31)37(50)45-32(15-10-20-43-38(42)51)36(49)44-26-18-16-25(17-19-26)21-55-40(53)47(5)34(24(3)4)35(41)48/h6-9,11-14,16-19,23-24,31-34H,10,15,20-22H2,1-5H3,(H2,41,48)(H,44,49)(H,45,50)(H,46,52)(H3,42,43,51). The summed E-state index contributed by atoms with van der Waals surface area (Å²) < 4.78 is 11.0. The van der Waals surface area contributed by atoms with Crippen molar-refractivity contribution in [3.8, 4) is 11.1 Å². The number of primary amides is 2. The van der Waals surface area contributed by atoms with Gasteiger partial charge in [0.05, 0.1) is 0 Å². The maximum Gasteiger partial charge on any atom is 0.410 e. The molecule has 1 aliphatic rings. The smallest absolute Gasteiger partial charge is 0.410 e. The van der Waals surface area contributed by atoms with Gasteiger partial charge in [-0.3, -0.25) is 19.3 Å². The number of carbonyl (C=O) groups excluding carboxylic acids is 6. The van der Waals surface area contributed by atoms with E-state index in [0.717, 1.165) is 27.2 Å². The molecule has 4 rings (SSSR count). The summed E-state index contributed by atoms with van der Waals surface area (Å²) >= 11 is 0. The van der Waals surface area contributed by atoms with Gasteiger partial charge in [0.15, 0.2) is 0 Å². The summed E-state index contributed by atoms with van der Waals surface area (Å²) in [6, 6.07) is 18.8. The molecule has 0 saturated carbocycles. The topological polar surface area (TPSA) is 224 Å². The van der Waals surface area contributed by atoms with Crippen molar-refractivity contribution >= 4 is 41.6 Å². The van der Waals surface area contributed by atoms with Crippen molar-refractivity contribution < 1.29 is 38.2 Å². The molecule has 3 aromatic carbocycles. The largest absolute Gasteiger partial charge is 0.449 e. The van der Waals surface area contributed by atoms with Crippen LogP contribution in [0.3, 0.4) is 0 Å². The second kappa shape index (κ2) is 19.3. The molecule has 0 radical (unpaired) electrons. The lowest BCUT2D eigenvalue weighted by Crippen LogP contribution is -2.54. The molecule has 0 aromatic heterocycles. The van der Waals surface area contributed by atoms with Crippen LogP contribution in [-0.2, 0) is 30.5 Å². The average Bonchev–Trinajstić information content (AvgIpc) is 3.46. The Hall–Kier alpha value is -6.12. The second-order valence-corrected chi connectivity index (χ2v) is 14.1. The SMILES string of the molecule is CC(C)C(NC(=O)OCC1c2ccccc2-c2ccccc21)C(=O)NC(CCCNC(N)=O)C(=O)Nc1ccc(COC(=O)N(C)C(C(N)=O)C(C)C)cc1. The van der Waals surface area contributed by atoms with E-state index in [2.05, 4.69) is 21.3 Å². The third kappa shape index (κ3) is 11.2. The minimum atomic E-state index is -1.05. The highest BCUT2D eigenvalue weighted by Gasteiger charge is 2.32. The zero-order valence-corrected chi connectivity index (χ0v) is 31.8. The molecule has 15 heteroatoms. The molecular weight excluding hydrogens is 706 g/mol. The van der Waals surface area contributed by atoms with E-state index >= 15 is 0 Å². The van der Waals surface area contributed by atoms with Gasteiger partial charge >= 0.3 is 18.2 Å². The van der Waals surface area contributed by atoms with Crippen LogP contribution in [0.4, 0.5) is 20.1 Å². The number of hydrogen-bond acceptors (Lipinski definition) is 8. The second-order valence-electron chi connectivity index (χ2n) is 14.1. The molecular formula is C40H51N7O8. The predicted octanol–water partition coefficient (Wildman–Crippen LogP) is 4.20. The summed E-state index contributed by atoms with van der Waals surface area (Å²) in [6.07, 6.45) is -1.04. The van der Waals surface area contributed by atoms with E-state index in [1.54, 1.807) is 52.0 Å². The third-order valence-electron chi connectivity index (χ3n) is 9.38. The van der Waals surface area contributed by atoms with E-state index in [4.69, 9.17) is 20.9 Å². The number of rotatable bonds is 17. The Labute approximate surface area is 320 Å². The molecule has 15 nitrogen and oxygen atoms in total. The number of nitrogens with zero attached hydrogens (tertiary/aromatic N) is 1. The van der Waals surface area contributed by atoms with Crippen LogP contribution in [0.1, 0.15) is 63.1 Å². The maximum absolute atomic E-state index is 13.6. The van der Waals surface area contributed by atoms with E-state index in [0.29, 0.717) is 17.7 Å². The van der Waals surface area contributed by atoms with Gasteiger partial charge in [0.25, 0.3) is 0 Å². The molecule has 0 saturated heterocycles. The van der Waals surface area contributed by atoms with Crippen LogP contribution in [0.2, 0.25) is 0 Å². The van der Waals surface area contributed by atoms with Gasteiger partial charge in [-0.25, -0.2) is 14.4 Å². The van der Waals surface area contributed by atoms with Crippen molar-refractivity contribution in [1.29, 1.82) is 0 Å². The lowest BCUT2D eigenvalue weighted by molar-refractivity contribution is -0.128. The fraction of sp³-hybridized carbons (Fsp3) is 0.400. The van der Waals surface area contributed by atoms with Crippen molar-refractivity contribution in [3.63, 3.8) is 0 Å². The number of amides is 7. The Morgan fingerprint density at radius 1 is 0.764 bits per heavy atom. The predicted molar refractivity (Wildman–Crippen MR) is 206 cm³/mol. The van der Waals surface area contributed by atoms with E-state index in [1.165, 1.54) is 7.05 Å². The van der Waals surface area contributed by atoms with Gasteiger partial charge in [-0.2, -0.15) is 0 Å². The van der Waals surface area contributed by atoms with E-state index in [-0.39, 0.29) is 43.9 Å². The number of nitrogens with two attached hydrogens (primary N) is 2. The Bertz CT molecular complexity index is 1800. The van der Waals surface area contributed by atoms with Crippen LogP contribution in [-0.4, -0.2) is 79.2 Å². The summed E-state index contributed by atoms with van der Waals surface area (Å²) in [4.78, 5) is 77.0. The highest BCUT2D eigenvalue weighted by atomic mass is 16.6. The first-order valence-corrected chi connectivity index (χ1v) is 18.2. The Morgan fingerprint density at radius 2 is 1.36 bits per heavy atom. The number of fused-ring (bicyclic) bond motifs is 3. The first kappa shape index (κ1) is 41.6. The molecule has 0 spiro atoms. The van der Waals surface area contributed by atoms with Gasteiger partial charge in [0.1, 0.15) is 31.3 Å². The van der Waals surface area contributed by atoms with Gasteiger partial charge in [0, 0.05) is 25.2 Å². The van der Waals surface area contributed by atoms with Crippen molar-refractivity contribution in [2.45, 2.75) is 71.2 Å². The van der Waals surface area contributed by atoms with Crippen LogP contribution < -0.4 is 32.7 Å². The number of urea groups is 1. The van der Waals surface area contributed by atoms with Crippen molar-refractivity contribution in [2.24, 2.45) is 23.3 Å². The molecule has 7 amide bonds. The third-order valence-corrected chi connectivity index (χ3v) is 9.38. The van der Waals surface area contributed by atoms with Crippen molar-refractivity contribution in [2.75, 3.05) is 25.5 Å². The molecule has 3 atom stereocenters. The number of carbonyl (C=O) groups is 6. The average molecular weight is 758 g/mol. The van der Waals surface area contributed by atoms with Crippen LogP contribution in [0.5, 0.6) is 0 Å². The van der Waals surface area contributed by atoms with Gasteiger partial charge < -0.3 is 42.2 Å². The lowest BCUT2D eigenvalue weighted by atomic mass is 9.98. The van der Waals surface area contributed by atoms with Crippen LogP contribution in [0.15, 0.2) is 72.8 Å². The van der Waals surface area contributed by atoms with Gasteiger partial charge in [-0.15, -0.1) is 0 Å². The lowest BCUT2D eigenvalue weighted by Gasteiger charge is -2.27. The summed E-state index contributed by atoms with van der Waals surface area (Å²) in [5.74, 6) is -2.51. The van der Waals surface area contributed by atoms with E-state index in [1.807, 2.05) is 48.5 Å². The van der Waals surface area contributed by atoms with Gasteiger partial charge in [-0.05, 0) is 64.6 Å². The Balaban J connectivity index is 1.37. The summed E-state index contributed by atoms with van der Waals surface area (Å²) in [7, 11) is 1.44. The number of ether oxygens (including phenoxy) is 2. The number of anilines is 1. The van der Waals surface area contributed by atoms with E-state index < -0.39 is 54.1 Å². The first-order valence-electron chi connectivity index (χ1n) is 18.2. The molecule has 3 unspecified atom stereocenters. The quantitative estimate of drug-likeness (QED) is 0.109. The fourth-order valence-corrected chi connectivity index (χ4v) is 6.59. The van der Waals surface area contributed by atoms with E-state index in [9.17, 15) is 28.8 Å². The number of hydrogen-bond donors (Lipinski definition) is 6. The van der Waals surface area contributed by atoms with Crippen molar-refractivity contribution in [1.82, 2.24) is 20.9 Å². The number of nitrogens with one attached hydrogen (secondary N) is 4. The fourth-order valence-electron chi connectivity index (χ4n) is 6.59. The molecule has 1 aliphatic carbocycles. The van der Waals surface area contributed by atoms with Crippen LogP contribution in [0.25, 0.3) is 11.1 Å². The molecule has 0 aliphatic heterocycles. The molecule has 0 fully saturated rings. The molecule has 294 valence electrons. The van der Waals surface area contributed by atoms with Crippen LogP contribution >= 0.6 is 0 Å². The summed E-state index contributed by atoms with van der Waals surface area (Å²) in [6.45, 7) is 7.20. The van der Waals surface area contributed by atoms with Crippen molar-refractivity contribution in [3.05, 3.63) is 89.5 Å². The Morgan fingerprint density at radius 3 is 1.91 bits per heavy atom. The molecule has 0 heterocycles. The highest BCUT2D eigenvalue weighted by molar-refractivity contribution is 5.98. The minimum Gasteiger partial charge on any atom is -0.449 e. The van der Waals surface area contributed by atoms with Gasteiger partial charge in [0.2, 0.25) is 17.7 Å². The van der Waals surface area contributed by atoms with Crippen LogP contribution in [0, 0.1) is 11.8 Å².